The molecule has 0 atom stereocenters. The topological polar surface area (TPSA) is 26.3 Å². The number of rotatable bonds is 4. The summed E-state index contributed by atoms with van der Waals surface area (Å²) in [7, 11) is 0. The third kappa shape index (κ3) is 4.21. The van der Waals surface area contributed by atoms with E-state index in [2.05, 4.69) is 18.2 Å². The van der Waals surface area contributed by atoms with Crippen molar-refractivity contribution >= 4 is 54.5 Å². The molecule has 0 aliphatic carbocycles. The van der Waals surface area contributed by atoms with Gasteiger partial charge in [-0.25, -0.2) is 0 Å². The average Bonchev–Trinajstić information content (AvgIpc) is 3.82. The van der Waals surface area contributed by atoms with Crippen LogP contribution in [0, 0.1) is 6.92 Å². The fraction of sp³-hybridized carbons (Fsp3) is 0.0213. The monoisotopic (exact) mass is 633 g/mol. The van der Waals surface area contributed by atoms with Gasteiger partial charge in [0.05, 0.1) is 9.60 Å². The first-order chi connectivity index (χ1) is 27.2. The van der Waals surface area contributed by atoms with Crippen LogP contribution in [0.4, 0.5) is 0 Å². The number of hydrogen-bond acceptors (Lipinski definition) is 2. The summed E-state index contributed by atoms with van der Waals surface area (Å²) in [6, 6.07) is 37.1. The highest BCUT2D eigenvalue weighted by molar-refractivity contribution is 6.24. The zero-order valence-corrected chi connectivity index (χ0v) is 26.4. The van der Waals surface area contributed by atoms with E-state index in [1.807, 2.05) is 103 Å². The van der Waals surface area contributed by atoms with Crippen molar-refractivity contribution < 1.29 is 18.4 Å². The number of furan rings is 2. The van der Waals surface area contributed by atoms with Crippen molar-refractivity contribution in [2.75, 3.05) is 0 Å². The number of aryl methyl sites for hydroxylation is 1. The lowest BCUT2D eigenvalue weighted by atomic mass is 9.84. The van der Waals surface area contributed by atoms with E-state index in [-0.39, 0.29) is 53.1 Å². The molecule has 2 heteroatoms. The van der Waals surface area contributed by atoms with Gasteiger partial charge in [-0.3, -0.25) is 0 Å². The van der Waals surface area contributed by atoms with Gasteiger partial charge in [0, 0.05) is 27.3 Å². The van der Waals surface area contributed by atoms with Crippen molar-refractivity contribution in [1.29, 1.82) is 0 Å². The van der Waals surface area contributed by atoms with Crippen molar-refractivity contribution in [3.8, 4) is 44.7 Å². The molecular weight excluding hydrogens is 597 g/mol. The van der Waals surface area contributed by atoms with Gasteiger partial charge >= 0.3 is 0 Å². The zero-order valence-electron chi connectivity index (χ0n) is 33.4. The van der Waals surface area contributed by atoms with Crippen LogP contribution < -0.4 is 0 Å². The molecule has 0 bridgehead atoms. The molecule has 230 valence electrons. The van der Waals surface area contributed by atoms with Gasteiger partial charge in [-0.05, 0) is 80.0 Å². The Balaban J connectivity index is 1.30. The molecule has 2 heterocycles. The number of hydrogen-bond donors (Lipinski definition) is 0. The predicted molar refractivity (Wildman–Crippen MR) is 205 cm³/mol. The first-order valence-electron chi connectivity index (χ1n) is 19.7. The fourth-order valence-electron chi connectivity index (χ4n) is 7.40. The normalized spacial score (nSPS) is 13.8. The molecule has 49 heavy (non-hydrogen) atoms. The van der Waals surface area contributed by atoms with E-state index >= 15 is 0 Å². The Morgan fingerprint density at radius 2 is 0.959 bits per heavy atom. The Morgan fingerprint density at radius 3 is 1.69 bits per heavy atom. The maximum absolute atomic E-state index is 9.30. The fourth-order valence-corrected chi connectivity index (χ4v) is 7.40. The lowest BCUT2D eigenvalue weighted by molar-refractivity contribution is 0.632. The van der Waals surface area contributed by atoms with Gasteiger partial charge in [-0.15, -0.1) is 0 Å². The molecule has 0 saturated carbocycles. The Kier molecular flexibility index (Phi) is 4.75. The Hall–Kier alpha value is -6.38. The standard InChI is InChI=1S/C47H30O2/c1-29-13-12-21-37-41(29)43(35-19-9-8-18-34(35)42(37)30-14-4-2-5-15-30)32-23-25-33(26-24-32)47-44(31-16-6-3-7-17-31)46-40(49-47)28-27-39-45(46)36-20-10-11-22-38(36)48-39/h2-28H,1H3/i8D,9D,12D,13D,18D,19D,21D. The Bertz CT molecular complexity index is 3180. The number of para-hydroxylation sites is 1. The van der Waals surface area contributed by atoms with E-state index in [9.17, 15) is 4.11 Å². The van der Waals surface area contributed by atoms with Crippen molar-refractivity contribution in [3.63, 3.8) is 0 Å². The highest BCUT2D eigenvalue weighted by Crippen LogP contribution is 2.48. The minimum Gasteiger partial charge on any atom is -0.456 e. The van der Waals surface area contributed by atoms with E-state index in [1.54, 1.807) is 6.92 Å². The van der Waals surface area contributed by atoms with Crippen LogP contribution in [-0.2, 0) is 0 Å². The molecule has 0 aliphatic heterocycles. The van der Waals surface area contributed by atoms with Crippen LogP contribution in [0.25, 0.3) is 99.2 Å². The van der Waals surface area contributed by atoms with E-state index in [4.69, 9.17) is 14.3 Å². The van der Waals surface area contributed by atoms with Gasteiger partial charge in [0.2, 0.25) is 0 Å². The summed E-state index contributed by atoms with van der Waals surface area (Å²) in [6.07, 6.45) is 0. The lowest BCUT2D eigenvalue weighted by Crippen LogP contribution is -1.92. The molecule has 8 aromatic carbocycles. The Morgan fingerprint density at radius 1 is 0.388 bits per heavy atom. The third-order valence-corrected chi connectivity index (χ3v) is 9.50. The largest absolute Gasteiger partial charge is 0.456 e. The molecule has 0 fully saturated rings. The summed E-state index contributed by atoms with van der Waals surface area (Å²) in [5.41, 5.74) is 7.58. The van der Waals surface area contributed by atoms with Gasteiger partial charge in [0.1, 0.15) is 22.5 Å². The molecule has 2 nitrogen and oxygen atoms in total. The maximum atomic E-state index is 9.30. The number of fused-ring (bicyclic) bond motifs is 7. The second kappa shape index (κ2) is 10.8. The van der Waals surface area contributed by atoms with Crippen LogP contribution in [0.1, 0.15) is 15.2 Å². The summed E-state index contributed by atoms with van der Waals surface area (Å²) >= 11 is 0. The van der Waals surface area contributed by atoms with Gasteiger partial charge in [-0.1, -0.05) is 145 Å². The quantitative estimate of drug-likeness (QED) is 0.180. The van der Waals surface area contributed by atoms with Crippen molar-refractivity contribution in [2.24, 2.45) is 0 Å². The van der Waals surface area contributed by atoms with Gasteiger partial charge in [-0.2, -0.15) is 0 Å². The molecule has 2 aromatic heterocycles. The van der Waals surface area contributed by atoms with Gasteiger partial charge in [0.25, 0.3) is 0 Å². The van der Waals surface area contributed by atoms with Crippen LogP contribution in [0.2, 0.25) is 0 Å². The van der Waals surface area contributed by atoms with Crippen molar-refractivity contribution in [3.05, 3.63) is 169 Å². The summed E-state index contributed by atoms with van der Waals surface area (Å²) in [4.78, 5) is 0. The van der Waals surface area contributed by atoms with Crippen LogP contribution in [0.15, 0.2) is 172 Å². The lowest BCUT2D eigenvalue weighted by Gasteiger charge is -2.19. The molecule has 0 unspecified atom stereocenters. The second-order valence-corrected chi connectivity index (χ2v) is 12.3. The van der Waals surface area contributed by atoms with Crippen molar-refractivity contribution in [2.45, 2.75) is 6.92 Å². The summed E-state index contributed by atoms with van der Waals surface area (Å²) in [5, 5.41) is 4.32. The van der Waals surface area contributed by atoms with E-state index in [1.165, 1.54) is 0 Å². The van der Waals surface area contributed by atoms with Crippen LogP contribution in [0.5, 0.6) is 0 Å². The summed E-state index contributed by atoms with van der Waals surface area (Å²) in [6.45, 7) is 1.74. The van der Waals surface area contributed by atoms with Crippen LogP contribution in [0.3, 0.4) is 0 Å². The zero-order chi connectivity index (χ0) is 38.6. The van der Waals surface area contributed by atoms with E-state index < -0.39 is 0 Å². The molecule has 10 rings (SSSR count). The molecule has 0 N–H and O–H groups in total. The molecule has 0 amide bonds. The molecular formula is C47H30O2. The first kappa shape index (κ1) is 21.5. The van der Waals surface area contributed by atoms with Gasteiger partial charge < -0.3 is 8.83 Å². The summed E-state index contributed by atoms with van der Waals surface area (Å²) < 4.78 is 75.9. The minimum absolute atomic E-state index is 0.104. The number of benzene rings is 8. The van der Waals surface area contributed by atoms with Crippen LogP contribution >= 0.6 is 0 Å². The predicted octanol–water partition coefficient (Wildman–Crippen LogP) is 13.6. The van der Waals surface area contributed by atoms with E-state index in [0.29, 0.717) is 49.9 Å². The van der Waals surface area contributed by atoms with Crippen LogP contribution in [-0.4, -0.2) is 0 Å². The SMILES string of the molecule is [2H]c1c([2H])c([2H])c2c(-c3ccc(-c4oc5ccc6oc7ccccc7c6c5c4-c4ccccc4)cc3)c3c(C)c([2H])c([2H])c([2H])c3c(-c3ccccc3)c2c1[2H]. The molecule has 10 aromatic rings. The van der Waals surface area contributed by atoms with Gasteiger partial charge in [0.15, 0.2) is 0 Å². The second-order valence-electron chi connectivity index (χ2n) is 12.3. The first-order valence-corrected chi connectivity index (χ1v) is 16.2. The van der Waals surface area contributed by atoms with E-state index in [0.717, 1.165) is 44.0 Å². The minimum atomic E-state index is -0.385. The molecule has 0 spiro atoms. The highest BCUT2D eigenvalue weighted by atomic mass is 16.3. The maximum Gasteiger partial charge on any atom is 0.143 e. The molecule has 0 aliphatic rings. The Labute approximate surface area is 293 Å². The smallest absolute Gasteiger partial charge is 0.143 e. The average molecular weight is 634 g/mol. The van der Waals surface area contributed by atoms with Crippen molar-refractivity contribution in [1.82, 2.24) is 0 Å². The molecule has 0 radical (unpaired) electrons. The molecule has 0 saturated heterocycles. The summed E-state index contributed by atoms with van der Waals surface area (Å²) in [5.74, 6) is 0.656. The third-order valence-electron chi connectivity index (χ3n) is 9.50. The highest BCUT2D eigenvalue weighted by Gasteiger charge is 2.23.